The Bertz CT molecular complexity index is 1020. The van der Waals surface area contributed by atoms with Gasteiger partial charge in [0.25, 0.3) is 0 Å². The fraction of sp³-hybridized carbons (Fsp3) is 0.591. The highest BCUT2D eigenvalue weighted by atomic mass is 32.2. The maximum Gasteiger partial charge on any atom is 0.223 e. The molecule has 1 aromatic heterocycles. The Morgan fingerprint density at radius 3 is 2.53 bits per heavy atom. The van der Waals surface area contributed by atoms with Crippen LogP contribution < -0.4 is 5.32 Å². The predicted molar refractivity (Wildman–Crippen MR) is 112 cm³/mol. The van der Waals surface area contributed by atoms with E-state index >= 15 is 0 Å². The first-order chi connectivity index (χ1) is 14.4. The third-order valence-electron chi connectivity index (χ3n) is 6.32. The van der Waals surface area contributed by atoms with Crippen molar-refractivity contribution in [2.45, 2.75) is 81.6 Å². The molecule has 162 valence electrons. The molecular formula is C22H29N3O4S. The van der Waals surface area contributed by atoms with Crippen molar-refractivity contribution < 1.29 is 17.7 Å². The molecule has 1 heterocycles. The molecule has 1 saturated carbocycles. The summed E-state index contributed by atoms with van der Waals surface area (Å²) >= 11 is 0. The molecular weight excluding hydrogens is 402 g/mol. The van der Waals surface area contributed by atoms with E-state index in [-0.39, 0.29) is 18.1 Å². The summed E-state index contributed by atoms with van der Waals surface area (Å²) in [7, 11) is -3.52. The lowest BCUT2D eigenvalue weighted by Crippen LogP contribution is -2.46. The van der Waals surface area contributed by atoms with Gasteiger partial charge in [0.2, 0.25) is 11.8 Å². The number of nitrogens with zero attached hydrogens (tertiary/aromatic N) is 2. The standard InChI is InChI=1S/C22H29N3O4S/c1-16-23-21(25-29-16)22(12-4-2-3-5-13-22)24-20(26)11-14-30(27,28)19-10-9-17-7-6-8-18(17)15-19/h9-10,15H,2-8,11-14H2,1H3,(H,24,26). The highest BCUT2D eigenvalue weighted by molar-refractivity contribution is 7.91. The molecule has 0 spiro atoms. The van der Waals surface area contributed by atoms with Crippen molar-refractivity contribution in [2.75, 3.05) is 5.75 Å². The Hall–Kier alpha value is -2.22. The van der Waals surface area contributed by atoms with E-state index in [1.807, 2.05) is 6.07 Å². The maximum atomic E-state index is 12.8. The molecule has 30 heavy (non-hydrogen) atoms. The zero-order valence-corrected chi connectivity index (χ0v) is 18.3. The van der Waals surface area contributed by atoms with E-state index in [0.29, 0.717) is 16.6 Å². The van der Waals surface area contributed by atoms with Crippen LogP contribution in [0.5, 0.6) is 0 Å². The number of aromatic nitrogens is 2. The number of hydrogen-bond acceptors (Lipinski definition) is 6. The minimum absolute atomic E-state index is 0.0853. The van der Waals surface area contributed by atoms with Gasteiger partial charge in [0.1, 0.15) is 5.54 Å². The van der Waals surface area contributed by atoms with E-state index < -0.39 is 15.4 Å². The molecule has 1 fully saturated rings. The Labute approximate surface area is 177 Å². The van der Waals surface area contributed by atoms with Crippen molar-refractivity contribution >= 4 is 15.7 Å². The molecule has 1 amide bonds. The van der Waals surface area contributed by atoms with Crippen LogP contribution in [-0.4, -0.2) is 30.2 Å². The summed E-state index contributed by atoms with van der Waals surface area (Å²) in [6.45, 7) is 1.73. The third-order valence-corrected chi connectivity index (χ3v) is 8.03. The lowest BCUT2D eigenvalue weighted by Gasteiger charge is -2.30. The summed E-state index contributed by atoms with van der Waals surface area (Å²) in [6, 6.07) is 5.37. The zero-order valence-electron chi connectivity index (χ0n) is 17.4. The smallest absolute Gasteiger partial charge is 0.223 e. The molecule has 0 bridgehead atoms. The van der Waals surface area contributed by atoms with E-state index in [1.54, 1.807) is 19.1 Å². The van der Waals surface area contributed by atoms with E-state index in [0.717, 1.165) is 63.4 Å². The first kappa shape index (κ1) is 21.0. The van der Waals surface area contributed by atoms with Gasteiger partial charge in [0.15, 0.2) is 15.7 Å². The first-order valence-corrected chi connectivity index (χ1v) is 12.5. The van der Waals surface area contributed by atoms with Crippen LogP contribution in [0, 0.1) is 6.92 Å². The van der Waals surface area contributed by atoms with Gasteiger partial charge in [-0.15, -0.1) is 0 Å². The zero-order chi connectivity index (χ0) is 21.2. The summed E-state index contributed by atoms with van der Waals surface area (Å²) in [5.74, 6) is 0.460. The fourth-order valence-electron chi connectivity index (χ4n) is 4.65. The number of aryl methyl sites for hydroxylation is 3. The van der Waals surface area contributed by atoms with Gasteiger partial charge in [-0.3, -0.25) is 4.79 Å². The van der Waals surface area contributed by atoms with Crippen LogP contribution in [-0.2, 0) is 33.0 Å². The van der Waals surface area contributed by atoms with E-state index in [4.69, 9.17) is 4.52 Å². The van der Waals surface area contributed by atoms with Gasteiger partial charge in [0, 0.05) is 13.3 Å². The topological polar surface area (TPSA) is 102 Å². The molecule has 2 aliphatic rings. The molecule has 0 atom stereocenters. The van der Waals surface area contributed by atoms with Gasteiger partial charge < -0.3 is 9.84 Å². The summed E-state index contributed by atoms with van der Waals surface area (Å²) < 4.78 is 30.8. The second kappa shape index (κ2) is 8.49. The van der Waals surface area contributed by atoms with Crippen LogP contribution in [0.3, 0.4) is 0 Å². The van der Waals surface area contributed by atoms with Gasteiger partial charge in [0.05, 0.1) is 10.6 Å². The average Bonchev–Trinajstić information content (AvgIpc) is 3.31. The molecule has 0 aliphatic heterocycles. The minimum atomic E-state index is -3.52. The second-order valence-electron chi connectivity index (χ2n) is 8.53. The highest BCUT2D eigenvalue weighted by Crippen LogP contribution is 2.35. The number of rotatable bonds is 6. The predicted octanol–water partition coefficient (Wildman–Crippen LogP) is 3.40. The molecule has 0 saturated heterocycles. The van der Waals surface area contributed by atoms with Crippen molar-refractivity contribution in [1.82, 2.24) is 15.5 Å². The largest absolute Gasteiger partial charge is 0.343 e. The SMILES string of the molecule is Cc1nc(C2(NC(=O)CCS(=O)(=O)c3ccc4c(c3)CCC4)CCCCCC2)no1. The van der Waals surface area contributed by atoms with Crippen LogP contribution >= 0.6 is 0 Å². The van der Waals surface area contributed by atoms with Crippen LogP contribution in [0.15, 0.2) is 27.6 Å². The lowest BCUT2D eigenvalue weighted by molar-refractivity contribution is -0.123. The van der Waals surface area contributed by atoms with Gasteiger partial charge >= 0.3 is 0 Å². The number of carbonyl (C=O) groups is 1. The maximum absolute atomic E-state index is 12.8. The molecule has 7 nitrogen and oxygen atoms in total. The third kappa shape index (κ3) is 4.43. The number of benzene rings is 1. The molecule has 1 N–H and O–H groups in total. The monoisotopic (exact) mass is 431 g/mol. The Balaban J connectivity index is 1.46. The second-order valence-corrected chi connectivity index (χ2v) is 10.6. The number of amides is 1. The molecule has 4 rings (SSSR count). The molecule has 2 aromatic rings. The summed E-state index contributed by atoms with van der Waals surface area (Å²) in [5, 5.41) is 7.16. The summed E-state index contributed by atoms with van der Waals surface area (Å²) in [5.41, 5.74) is 1.67. The van der Waals surface area contributed by atoms with Crippen molar-refractivity contribution in [2.24, 2.45) is 0 Å². The van der Waals surface area contributed by atoms with Gasteiger partial charge in [-0.1, -0.05) is 36.9 Å². The van der Waals surface area contributed by atoms with Gasteiger partial charge in [-0.2, -0.15) is 4.98 Å². The quantitative estimate of drug-likeness (QED) is 0.704. The molecule has 2 aliphatic carbocycles. The average molecular weight is 432 g/mol. The van der Waals surface area contributed by atoms with Gasteiger partial charge in [-0.05, 0) is 55.4 Å². The van der Waals surface area contributed by atoms with Crippen LogP contribution in [0.4, 0.5) is 0 Å². The number of carbonyl (C=O) groups excluding carboxylic acids is 1. The lowest BCUT2D eigenvalue weighted by atomic mass is 9.89. The highest BCUT2D eigenvalue weighted by Gasteiger charge is 2.38. The Kier molecular flexibility index (Phi) is 5.95. The first-order valence-electron chi connectivity index (χ1n) is 10.8. The van der Waals surface area contributed by atoms with Crippen LogP contribution in [0.2, 0.25) is 0 Å². The molecule has 0 unspecified atom stereocenters. The molecule has 0 radical (unpaired) electrons. The summed E-state index contributed by atoms with van der Waals surface area (Å²) in [4.78, 5) is 17.5. The Morgan fingerprint density at radius 1 is 1.10 bits per heavy atom. The van der Waals surface area contributed by atoms with Crippen LogP contribution in [0.25, 0.3) is 0 Å². The van der Waals surface area contributed by atoms with E-state index in [2.05, 4.69) is 15.5 Å². The normalized spacial score (nSPS) is 18.6. The van der Waals surface area contributed by atoms with Crippen molar-refractivity contribution in [1.29, 1.82) is 0 Å². The van der Waals surface area contributed by atoms with Gasteiger partial charge in [-0.25, -0.2) is 8.42 Å². The molecule has 1 aromatic carbocycles. The number of hydrogen-bond donors (Lipinski definition) is 1. The minimum Gasteiger partial charge on any atom is -0.343 e. The summed E-state index contributed by atoms with van der Waals surface area (Å²) in [6.07, 6.45) is 8.49. The number of nitrogens with one attached hydrogen (secondary N) is 1. The van der Waals surface area contributed by atoms with Crippen LogP contribution in [0.1, 0.15) is 74.2 Å². The Morgan fingerprint density at radius 2 is 1.83 bits per heavy atom. The molecule has 8 heteroatoms. The number of sulfone groups is 1. The van der Waals surface area contributed by atoms with Crippen molar-refractivity contribution in [3.63, 3.8) is 0 Å². The van der Waals surface area contributed by atoms with Crippen molar-refractivity contribution in [3.05, 3.63) is 41.0 Å². The fourth-order valence-corrected chi connectivity index (χ4v) is 5.93. The van der Waals surface area contributed by atoms with E-state index in [1.165, 1.54) is 5.56 Å². The number of fused-ring (bicyclic) bond motifs is 1. The van der Waals surface area contributed by atoms with Crippen molar-refractivity contribution in [3.8, 4) is 0 Å². The van der Waals surface area contributed by atoms with E-state index in [9.17, 15) is 13.2 Å².